The van der Waals surface area contributed by atoms with Gasteiger partial charge in [0.2, 0.25) is 0 Å². The number of nitrogens with one attached hydrogen (secondary N) is 1. The predicted molar refractivity (Wildman–Crippen MR) is 75.5 cm³/mol. The van der Waals surface area contributed by atoms with E-state index < -0.39 is 0 Å². The van der Waals surface area contributed by atoms with E-state index in [-0.39, 0.29) is 0 Å². The van der Waals surface area contributed by atoms with Crippen molar-refractivity contribution in [3.05, 3.63) is 0 Å². The standard InChI is InChI=1S/C14H31N3/c1-7-12(2)17-11-14(3,4)10-16(6)9-13(17)8-15-5/h12-13,15H,7-11H2,1-6H3. The highest BCUT2D eigenvalue weighted by Crippen LogP contribution is 2.25. The molecule has 0 amide bonds. The first-order valence-corrected chi connectivity index (χ1v) is 6.98. The van der Waals surface area contributed by atoms with E-state index in [4.69, 9.17) is 0 Å². The van der Waals surface area contributed by atoms with Gasteiger partial charge in [0.05, 0.1) is 0 Å². The molecule has 0 aliphatic carbocycles. The molecule has 3 nitrogen and oxygen atoms in total. The van der Waals surface area contributed by atoms with Crippen molar-refractivity contribution in [2.75, 3.05) is 40.3 Å². The van der Waals surface area contributed by atoms with Crippen LogP contribution in [0.2, 0.25) is 0 Å². The lowest BCUT2D eigenvalue weighted by Crippen LogP contribution is -2.50. The quantitative estimate of drug-likeness (QED) is 0.807. The van der Waals surface area contributed by atoms with Crippen LogP contribution >= 0.6 is 0 Å². The normalized spacial score (nSPS) is 28.9. The van der Waals surface area contributed by atoms with Crippen molar-refractivity contribution >= 4 is 0 Å². The van der Waals surface area contributed by atoms with Crippen LogP contribution in [0.5, 0.6) is 0 Å². The van der Waals surface area contributed by atoms with Gasteiger partial charge in [0.1, 0.15) is 0 Å². The van der Waals surface area contributed by atoms with Gasteiger partial charge >= 0.3 is 0 Å². The molecule has 0 bridgehead atoms. The van der Waals surface area contributed by atoms with Crippen molar-refractivity contribution in [2.45, 2.75) is 46.2 Å². The molecule has 1 fully saturated rings. The monoisotopic (exact) mass is 241 g/mol. The average Bonchev–Trinajstić information content (AvgIpc) is 2.33. The van der Waals surface area contributed by atoms with Gasteiger partial charge < -0.3 is 10.2 Å². The van der Waals surface area contributed by atoms with Crippen molar-refractivity contribution in [3.63, 3.8) is 0 Å². The van der Waals surface area contributed by atoms with Crippen LogP contribution in [0.15, 0.2) is 0 Å². The molecule has 0 saturated carbocycles. The van der Waals surface area contributed by atoms with Gasteiger partial charge in [0.15, 0.2) is 0 Å². The second kappa shape index (κ2) is 6.17. The minimum Gasteiger partial charge on any atom is -0.318 e. The Morgan fingerprint density at radius 3 is 2.53 bits per heavy atom. The Morgan fingerprint density at radius 1 is 1.35 bits per heavy atom. The zero-order valence-corrected chi connectivity index (χ0v) is 12.6. The molecule has 1 N–H and O–H groups in total. The third kappa shape index (κ3) is 4.23. The molecule has 0 aromatic carbocycles. The van der Waals surface area contributed by atoms with Gasteiger partial charge in [-0.1, -0.05) is 20.8 Å². The van der Waals surface area contributed by atoms with E-state index >= 15 is 0 Å². The van der Waals surface area contributed by atoms with E-state index in [2.05, 4.69) is 56.9 Å². The summed E-state index contributed by atoms with van der Waals surface area (Å²) in [6, 6.07) is 1.32. The molecule has 1 aliphatic heterocycles. The van der Waals surface area contributed by atoms with Crippen molar-refractivity contribution in [2.24, 2.45) is 5.41 Å². The van der Waals surface area contributed by atoms with Gasteiger partial charge in [0.25, 0.3) is 0 Å². The fourth-order valence-electron chi connectivity index (χ4n) is 3.10. The Morgan fingerprint density at radius 2 is 2.00 bits per heavy atom. The van der Waals surface area contributed by atoms with Gasteiger partial charge in [-0.05, 0) is 32.9 Å². The Labute approximate surface area is 108 Å². The van der Waals surface area contributed by atoms with Gasteiger partial charge in [-0.15, -0.1) is 0 Å². The third-order valence-electron chi connectivity index (χ3n) is 3.90. The van der Waals surface area contributed by atoms with Gasteiger partial charge in [-0.25, -0.2) is 0 Å². The molecule has 1 saturated heterocycles. The van der Waals surface area contributed by atoms with E-state index in [1.54, 1.807) is 0 Å². The second-order valence-corrected chi connectivity index (χ2v) is 6.50. The maximum atomic E-state index is 3.35. The number of rotatable bonds is 4. The zero-order chi connectivity index (χ0) is 13.1. The zero-order valence-electron chi connectivity index (χ0n) is 12.6. The van der Waals surface area contributed by atoms with E-state index in [0.717, 1.165) is 6.54 Å². The molecule has 2 atom stereocenters. The molecule has 1 rings (SSSR count). The number of hydrogen-bond donors (Lipinski definition) is 1. The van der Waals surface area contributed by atoms with Crippen LogP contribution in [0, 0.1) is 5.41 Å². The molecule has 0 aromatic heterocycles. The average molecular weight is 241 g/mol. The van der Waals surface area contributed by atoms with E-state index in [1.807, 2.05) is 0 Å². The number of nitrogens with zero attached hydrogens (tertiary/aromatic N) is 2. The van der Waals surface area contributed by atoms with Crippen LogP contribution in [-0.4, -0.2) is 62.2 Å². The fraction of sp³-hybridized carbons (Fsp3) is 1.00. The van der Waals surface area contributed by atoms with Crippen LogP contribution in [0.4, 0.5) is 0 Å². The number of likely N-dealkylation sites (N-methyl/N-ethyl adjacent to an activating group) is 2. The van der Waals surface area contributed by atoms with Crippen LogP contribution < -0.4 is 5.32 Å². The molecule has 17 heavy (non-hydrogen) atoms. The predicted octanol–water partition coefficient (Wildman–Crippen LogP) is 1.65. The summed E-state index contributed by atoms with van der Waals surface area (Å²) in [6.45, 7) is 14.1. The van der Waals surface area contributed by atoms with E-state index in [1.165, 1.54) is 26.1 Å². The Hall–Kier alpha value is -0.120. The molecular weight excluding hydrogens is 210 g/mol. The highest BCUT2D eigenvalue weighted by Gasteiger charge is 2.34. The lowest BCUT2D eigenvalue weighted by Gasteiger charge is -2.38. The van der Waals surface area contributed by atoms with Crippen molar-refractivity contribution < 1.29 is 0 Å². The van der Waals surface area contributed by atoms with Gasteiger partial charge in [-0.3, -0.25) is 4.90 Å². The number of hydrogen-bond acceptors (Lipinski definition) is 3. The maximum absolute atomic E-state index is 3.35. The van der Waals surface area contributed by atoms with Gasteiger partial charge in [0, 0.05) is 38.3 Å². The molecule has 2 unspecified atom stereocenters. The van der Waals surface area contributed by atoms with Crippen LogP contribution in [0.1, 0.15) is 34.1 Å². The first kappa shape index (κ1) is 14.9. The third-order valence-corrected chi connectivity index (χ3v) is 3.90. The largest absolute Gasteiger partial charge is 0.318 e. The summed E-state index contributed by atoms with van der Waals surface area (Å²) in [5.74, 6) is 0. The summed E-state index contributed by atoms with van der Waals surface area (Å²) in [7, 11) is 4.31. The summed E-state index contributed by atoms with van der Waals surface area (Å²) in [5.41, 5.74) is 0.390. The molecule has 3 heteroatoms. The molecule has 102 valence electrons. The smallest absolute Gasteiger partial charge is 0.0350 e. The first-order valence-electron chi connectivity index (χ1n) is 6.98. The van der Waals surface area contributed by atoms with Crippen LogP contribution in [-0.2, 0) is 0 Å². The Kier molecular flexibility index (Phi) is 5.42. The molecule has 1 aliphatic rings. The lowest BCUT2D eigenvalue weighted by atomic mass is 9.92. The molecule has 1 heterocycles. The molecule has 0 radical (unpaired) electrons. The summed E-state index contributed by atoms with van der Waals surface area (Å²) >= 11 is 0. The summed E-state index contributed by atoms with van der Waals surface area (Å²) in [4.78, 5) is 5.20. The lowest BCUT2D eigenvalue weighted by molar-refractivity contribution is 0.109. The summed E-state index contributed by atoms with van der Waals surface area (Å²) in [5, 5.41) is 3.35. The molecular formula is C14H31N3. The van der Waals surface area contributed by atoms with Gasteiger partial charge in [-0.2, -0.15) is 0 Å². The van der Waals surface area contributed by atoms with E-state index in [9.17, 15) is 0 Å². The second-order valence-electron chi connectivity index (χ2n) is 6.50. The fourth-order valence-corrected chi connectivity index (χ4v) is 3.10. The minimum absolute atomic E-state index is 0.390. The van der Waals surface area contributed by atoms with Crippen LogP contribution in [0.25, 0.3) is 0 Å². The maximum Gasteiger partial charge on any atom is 0.0350 e. The minimum atomic E-state index is 0.390. The van der Waals surface area contributed by atoms with Crippen molar-refractivity contribution in [1.82, 2.24) is 15.1 Å². The SMILES string of the molecule is CCC(C)N1CC(C)(C)CN(C)CC1CNC. The highest BCUT2D eigenvalue weighted by atomic mass is 15.3. The van der Waals surface area contributed by atoms with Crippen LogP contribution in [0.3, 0.4) is 0 Å². The van der Waals surface area contributed by atoms with Crippen molar-refractivity contribution in [3.8, 4) is 0 Å². The summed E-state index contributed by atoms with van der Waals surface area (Å²) < 4.78 is 0. The van der Waals surface area contributed by atoms with Crippen molar-refractivity contribution in [1.29, 1.82) is 0 Å². The van der Waals surface area contributed by atoms with E-state index in [0.29, 0.717) is 17.5 Å². The Balaban J connectivity index is 2.84. The Bertz CT molecular complexity index is 228. The topological polar surface area (TPSA) is 18.5 Å². The summed E-state index contributed by atoms with van der Waals surface area (Å²) in [6.07, 6.45) is 1.24. The highest BCUT2D eigenvalue weighted by molar-refractivity contribution is 4.89. The first-order chi connectivity index (χ1) is 7.89. The molecule has 0 aromatic rings. The molecule has 0 spiro atoms.